The van der Waals surface area contributed by atoms with Gasteiger partial charge in [0.2, 0.25) is 5.91 Å². The first-order valence-electron chi connectivity index (χ1n) is 10.2. The summed E-state index contributed by atoms with van der Waals surface area (Å²) in [5, 5.41) is 3.34. The molecule has 0 radical (unpaired) electrons. The highest BCUT2D eigenvalue weighted by Gasteiger charge is 2.39. The van der Waals surface area contributed by atoms with Crippen molar-refractivity contribution in [2.24, 2.45) is 0 Å². The summed E-state index contributed by atoms with van der Waals surface area (Å²) in [6.45, 7) is 4.77. The van der Waals surface area contributed by atoms with Crippen LogP contribution in [-0.4, -0.2) is 42.1 Å². The number of nitrogens with one attached hydrogen (secondary N) is 1. The maximum atomic E-state index is 13.1. The molecular formula is C21H26F6N2O2. The van der Waals surface area contributed by atoms with Crippen molar-refractivity contribution in [1.82, 2.24) is 10.2 Å². The molecule has 1 aromatic carbocycles. The van der Waals surface area contributed by atoms with Gasteiger partial charge in [-0.3, -0.25) is 4.79 Å². The van der Waals surface area contributed by atoms with E-state index in [9.17, 15) is 31.1 Å². The van der Waals surface area contributed by atoms with E-state index in [0.29, 0.717) is 31.5 Å². The van der Waals surface area contributed by atoms with Crippen molar-refractivity contribution in [1.29, 1.82) is 0 Å². The van der Waals surface area contributed by atoms with E-state index >= 15 is 0 Å². The van der Waals surface area contributed by atoms with E-state index in [1.807, 2.05) is 11.8 Å². The summed E-state index contributed by atoms with van der Waals surface area (Å²) in [5.41, 5.74) is -3.37. The van der Waals surface area contributed by atoms with E-state index in [0.717, 1.165) is 19.4 Å². The Bertz CT molecular complexity index is 768. The Morgan fingerprint density at radius 1 is 1.16 bits per heavy atom. The van der Waals surface area contributed by atoms with Crippen molar-refractivity contribution in [2.45, 2.75) is 69.6 Å². The fraction of sp³-hybridized carbons (Fsp3) is 0.667. The molecule has 2 fully saturated rings. The zero-order valence-corrected chi connectivity index (χ0v) is 17.4. The topological polar surface area (TPSA) is 41.6 Å². The maximum Gasteiger partial charge on any atom is 0.416 e. The van der Waals surface area contributed by atoms with Crippen LogP contribution in [0.3, 0.4) is 0 Å². The normalized spacial score (nSPS) is 26.4. The lowest BCUT2D eigenvalue weighted by atomic mass is 9.89. The van der Waals surface area contributed by atoms with Crippen LogP contribution in [0.2, 0.25) is 0 Å². The molecule has 174 valence electrons. The number of nitrogens with zero attached hydrogens (tertiary/aromatic N) is 1. The van der Waals surface area contributed by atoms with Gasteiger partial charge in [0.15, 0.2) is 0 Å². The number of rotatable bonds is 5. The average Bonchev–Trinajstić information content (AvgIpc) is 3.11. The molecule has 0 spiro atoms. The standard InChI is InChI=1S/C21H26F6N2O2/c1-13(14-8-15(20(22,23)24)10-16(9-14)21(25,26)27)31-12-19(2)6-5-17(11-28-19)29-7-3-4-18(29)30/h8-10,13,17,28H,3-7,11-12H2,1-2H3/t13-,17?,19-/m1/s1. The molecule has 2 heterocycles. The summed E-state index contributed by atoms with van der Waals surface area (Å²) >= 11 is 0. The minimum Gasteiger partial charge on any atom is -0.372 e. The number of carbonyl (C=O) groups is 1. The molecule has 3 rings (SSSR count). The Hall–Kier alpha value is -1.81. The zero-order valence-electron chi connectivity index (χ0n) is 17.4. The fourth-order valence-electron chi connectivity index (χ4n) is 4.10. The lowest BCUT2D eigenvalue weighted by Crippen LogP contribution is -2.57. The lowest BCUT2D eigenvalue weighted by Gasteiger charge is -2.42. The molecule has 10 heteroatoms. The first-order valence-corrected chi connectivity index (χ1v) is 10.2. The van der Waals surface area contributed by atoms with E-state index in [1.54, 1.807) is 0 Å². The summed E-state index contributed by atoms with van der Waals surface area (Å²) in [6.07, 6.45) is -7.90. The fourth-order valence-corrected chi connectivity index (χ4v) is 4.10. The number of carbonyl (C=O) groups excluding carboxylic acids is 1. The van der Waals surface area contributed by atoms with Gasteiger partial charge in [0.25, 0.3) is 0 Å². The quantitative estimate of drug-likeness (QED) is 0.644. The molecule has 0 aromatic heterocycles. The number of hydrogen-bond acceptors (Lipinski definition) is 3. The molecule has 1 aromatic rings. The minimum atomic E-state index is -4.89. The van der Waals surface area contributed by atoms with Crippen LogP contribution < -0.4 is 5.32 Å². The minimum absolute atomic E-state index is 0.0957. The third-order valence-corrected chi connectivity index (χ3v) is 6.08. The molecule has 1 N–H and O–H groups in total. The van der Waals surface area contributed by atoms with Crippen molar-refractivity contribution in [3.05, 3.63) is 34.9 Å². The molecule has 2 aliphatic heterocycles. The number of likely N-dealkylation sites (tertiary alicyclic amines) is 1. The third kappa shape index (κ3) is 5.71. The van der Waals surface area contributed by atoms with Gasteiger partial charge in [-0.15, -0.1) is 0 Å². The van der Waals surface area contributed by atoms with Gasteiger partial charge >= 0.3 is 12.4 Å². The summed E-state index contributed by atoms with van der Waals surface area (Å²) < 4.78 is 84.2. The van der Waals surface area contributed by atoms with Gasteiger partial charge in [-0.25, -0.2) is 0 Å². The highest BCUT2D eigenvalue weighted by molar-refractivity contribution is 5.78. The largest absolute Gasteiger partial charge is 0.416 e. The number of hydrogen-bond donors (Lipinski definition) is 1. The molecule has 1 unspecified atom stereocenters. The molecule has 1 amide bonds. The van der Waals surface area contributed by atoms with E-state index in [-0.39, 0.29) is 30.2 Å². The molecule has 0 bridgehead atoms. The van der Waals surface area contributed by atoms with Crippen LogP contribution in [-0.2, 0) is 21.9 Å². The van der Waals surface area contributed by atoms with E-state index in [4.69, 9.17) is 4.74 Å². The molecule has 0 saturated carbocycles. The van der Waals surface area contributed by atoms with Crippen molar-refractivity contribution in [3.63, 3.8) is 0 Å². The Balaban J connectivity index is 1.65. The van der Waals surface area contributed by atoms with Gasteiger partial charge in [0, 0.05) is 31.1 Å². The number of amides is 1. The molecule has 31 heavy (non-hydrogen) atoms. The first-order chi connectivity index (χ1) is 14.3. The smallest absolute Gasteiger partial charge is 0.372 e. The summed E-state index contributed by atoms with van der Waals surface area (Å²) in [6, 6.07) is 1.61. The van der Waals surface area contributed by atoms with Crippen LogP contribution in [0.25, 0.3) is 0 Å². The van der Waals surface area contributed by atoms with Crippen molar-refractivity contribution < 1.29 is 35.9 Å². The van der Waals surface area contributed by atoms with Gasteiger partial charge in [-0.1, -0.05) is 0 Å². The van der Waals surface area contributed by atoms with Crippen LogP contribution in [0.15, 0.2) is 18.2 Å². The summed E-state index contributed by atoms with van der Waals surface area (Å²) in [4.78, 5) is 13.8. The van der Waals surface area contributed by atoms with E-state index in [1.165, 1.54) is 6.92 Å². The second-order valence-electron chi connectivity index (χ2n) is 8.62. The van der Waals surface area contributed by atoms with Crippen LogP contribution in [0.1, 0.15) is 62.3 Å². The third-order valence-electron chi connectivity index (χ3n) is 6.08. The van der Waals surface area contributed by atoms with Gasteiger partial charge < -0.3 is 15.0 Å². The van der Waals surface area contributed by atoms with Gasteiger partial charge in [-0.05, 0) is 56.9 Å². The SMILES string of the molecule is C[C@@H](OC[C@@]1(C)CCC(N2CCCC2=O)CN1)c1cc(C(F)(F)F)cc(C(F)(F)F)c1. The summed E-state index contributed by atoms with van der Waals surface area (Å²) in [7, 11) is 0. The predicted molar refractivity (Wildman–Crippen MR) is 101 cm³/mol. The number of halogens is 6. The zero-order chi connectivity index (χ0) is 23.0. The molecule has 3 atom stereocenters. The molecule has 2 saturated heterocycles. The number of piperidine rings is 1. The van der Waals surface area contributed by atoms with E-state index < -0.39 is 35.1 Å². The second-order valence-corrected chi connectivity index (χ2v) is 8.62. The van der Waals surface area contributed by atoms with Gasteiger partial charge in [0.1, 0.15) is 0 Å². The van der Waals surface area contributed by atoms with Crippen LogP contribution in [0.5, 0.6) is 0 Å². The highest BCUT2D eigenvalue weighted by Crippen LogP contribution is 2.38. The van der Waals surface area contributed by atoms with Crippen molar-refractivity contribution >= 4 is 5.91 Å². The van der Waals surface area contributed by atoms with Crippen LogP contribution in [0, 0.1) is 0 Å². The Kier molecular flexibility index (Phi) is 6.63. The molecular weight excluding hydrogens is 426 g/mol. The Morgan fingerprint density at radius 2 is 1.77 bits per heavy atom. The molecule has 2 aliphatic rings. The molecule has 4 nitrogen and oxygen atoms in total. The van der Waals surface area contributed by atoms with Gasteiger partial charge in [0.05, 0.1) is 23.8 Å². The lowest BCUT2D eigenvalue weighted by molar-refractivity contribution is -0.143. The number of alkyl halides is 6. The van der Waals surface area contributed by atoms with Gasteiger partial charge in [-0.2, -0.15) is 26.3 Å². The average molecular weight is 452 g/mol. The maximum absolute atomic E-state index is 13.1. The van der Waals surface area contributed by atoms with Crippen LogP contribution >= 0.6 is 0 Å². The predicted octanol–water partition coefficient (Wildman–Crippen LogP) is 4.93. The van der Waals surface area contributed by atoms with E-state index in [2.05, 4.69) is 5.32 Å². The summed E-state index contributed by atoms with van der Waals surface area (Å²) in [5.74, 6) is 0.144. The first kappa shape index (κ1) is 23.8. The molecule has 0 aliphatic carbocycles. The number of benzene rings is 1. The van der Waals surface area contributed by atoms with Crippen molar-refractivity contribution in [3.8, 4) is 0 Å². The highest BCUT2D eigenvalue weighted by atomic mass is 19.4. The Morgan fingerprint density at radius 3 is 2.23 bits per heavy atom. The Labute approximate surface area is 176 Å². The van der Waals surface area contributed by atoms with Crippen LogP contribution in [0.4, 0.5) is 26.3 Å². The van der Waals surface area contributed by atoms with Crippen molar-refractivity contribution in [2.75, 3.05) is 19.7 Å². The second kappa shape index (κ2) is 8.61. The monoisotopic (exact) mass is 452 g/mol. The number of ether oxygens (including phenoxy) is 1.